The number of benzene rings is 2. The lowest BCUT2D eigenvalue weighted by Crippen LogP contribution is -2.25. The first kappa shape index (κ1) is 12.2. The number of anilines is 3. The topological polar surface area (TPSA) is 42.1 Å². The molecular weight excluding hydrogens is 258 g/mol. The van der Waals surface area contributed by atoms with Gasteiger partial charge in [0.2, 0.25) is 0 Å². The summed E-state index contributed by atoms with van der Waals surface area (Å²) in [6, 6.07) is 18.7. The van der Waals surface area contributed by atoms with Gasteiger partial charge in [-0.3, -0.25) is 0 Å². The van der Waals surface area contributed by atoms with Crippen molar-refractivity contribution >= 4 is 28.1 Å². The first-order valence-electron chi connectivity index (χ1n) is 7.33. The van der Waals surface area contributed by atoms with Gasteiger partial charge in [-0.2, -0.15) is 0 Å². The molecule has 0 unspecified atom stereocenters. The highest BCUT2D eigenvalue weighted by molar-refractivity contribution is 5.84. The molecule has 2 aromatic carbocycles. The lowest BCUT2D eigenvalue weighted by Gasteiger charge is -2.30. The Kier molecular flexibility index (Phi) is 2.78. The largest absolute Gasteiger partial charge is 0.399 e. The lowest BCUT2D eigenvalue weighted by atomic mass is 10.0. The molecule has 4 rings (SSSR count). The first-order valence-corrected chi connectivity index (χ1v) is 7.33. The van der Waals surface area contributed by atoms with Gasteiger partial charge in [0, 0.05) is 23.3 Å². The Bertz CT molecular complexity index is 810. The van der Waals surface area contributed by atoms with Crippen molar-refractivity contribution in [1.82, 2.24) is 4.98 Å². The van der Waals surface area contributed by atoms with Gasteiger partial charge in [0.1, 0.15) is 5.82 Å². The van der Waals surface area contributed by atoms with Crippen LogP contribution in [0, 0.1) is 0 Å². The normalized spacial score (nSPS) is 14.2. The molecule has 2 heterocycles. The second-order valence-electron chi connectivity index (χ2n) is 5.51. The van der Waals surface area contributed by atoms with Gasteiger partial charge >= 0.3 is 0 Å². The second-order valence-corrected chi connectivity index (χ2v) is 5.51. The number of hydrogen-bond acceptors (Lipinski definition) is 3. The molecule has 0 amide bonds. The van der Waals surface area contributed by atoms with E-state index in [1.807, 2.05) is 18.2 Å². The van der Waals surface area contributed by atoms with Crippen molar-refractivity contribution in [3.63, 3.8) is 0 Å². The summed E-state index contributed by atoms with van der Waals surface area (Å²) in [5.41, 5.74) is 10.3. The summed E-state index contributed by atoms with van der Waals surface area (Å²) in [4.78, 5) is 7.12. The van der Waals surface area contributed by atoms with Crippen molar-refractivity contribution in [1.29, 1.82) is 0 Å². The van der Waals surface area contributed by atoms with E-state index in [1.165, 1.54) is 17.7 Å². The third-order valence-electron chi connectivity index (χ3n) is 4.09. The Hall–Kier alpha value is -2.55. The standard InChI is InChI=1S/C18H17N3/c19-15-8-9-16-14(12-15)7-10-18(20-16)21-11-3-5-13-4-1-2-6-17(13)21/h1-2,4,6-10,12H,3,5,11,19H2. The number of aryl methyl sites for hydroxylation is 1. The zero-order chi connectivity index (χ0) is 14.2. The van der Waals surface area contributed by atoms with Crippen molar-refractivity contribution < 1.29 is 0 Å². The molecule has 3 nitrogen and oxygen atoms in total. The van der Waals surface area contributed by atoms with Crippen LogP contribution in [0.4, 0.5) is 17.2 Å². The van der Waals surface area contributed by atoms with E-state index in [0.29, 0.717) is 0 Å². The number of nitrogen functional groups attached to an aromatic ring is 1. The molecule has 0 bridgehead atoms. The Morgan fingerprint density at radius 1 is 1.00 bits per heavy atom. The molecule has 104 valence electrons. The summed E-state index contributed by atoms with van der Waals surface area (Å²) in [6.07, 6.45) is 2.31. The number of nitrogens with zero attached hydrogens (tertiary/aromatic N) is 2. The Morgan fingerprint density at radius 2 is 1.90 bits per heavy atom. The summed E-state index contributed by atoms with van der Waals surface area (Å²) in [6.45, 7) is 1.02. The average molecular weight is 275 g/mol. The molecule has 3 heteroatoms. The number of fused-ring (bicyclic) bond motifs is 2. The average Bonchev–Trinajstić information content (AvgIpc) is 2.54. The molecule has 21 heavy (non-hydrogen) atoms. The van der Waals surface area contributed by atoms with E-state index in [2.05, 4.69) is 41.3 Å². The van der Waals surface area contributed by atoms with Gasteiger partial charge < -0.3 is 10.6 Å². The van der Waals surface area contributed by atoms with Crippen LogP contribution in [0.1, 0.15) is 12.0 Å². The molecule has 0 saturated heterocycles. The Labute approximate surface area is 124 Å². The number of hydrogen-bond donors (Lipinski definition) is 1. The number of para-hydroxylation sites is 1. The fraction of sp³-hybridized carbons (Fsp3) is 0.167. The number of pyridine rings is 1. The van der Waals surface area contributed by atoms with Crippen molar-refractivity contribution in [2.24, 2.45) is 0 Å². The number of nitrogens with two attached hydrogens (primary N) is 1. The quantitative estimate of drug-likeness (QED) is 0.685. The fourth-order valence-corrected chi connectivity index (χ4v) is 3.06. The van der Waals surface area contributed by atoms with E-state index < -0.39 is 0 Å². The van der Waals surface area contributed by atoms with Gasteiger partial charge in [0.15, 0.2) is 0 Å². The van der Waals surface area contributed by atoms with Crippen molar-refractivity contribution in [2.45, 2.75) is 12.8 Å². The highest BCUT2D eigenvalue weighted by Crippen LogP contribution is 2.33. The molecule has 0 aliphatic carbocycles. The summed E-state index contributed by atoms with van der Waals surface area (Å²) >= 11 is 0. The summed E-state index contributed by atoms with van der Waals surface area (Å²) < 4.78 is 0. The molecule has 0 saturated carbocycles. The van der Waals surface area contributed by atoms with Crippen LogP contribution in [-0.2, 0) is 6.42 Å². The lowest BCUT2D eigenvalue weighted by molar-refractivity contribution is 0.761. The van der Waals surface area contributed by atoms with Crippen LogP contribution in [0.25, 0.3) is 10.9 Å². The molecule has 0 fully saturated rings. The second kappa shape index (κ2) is 4.77. The van der Waals surface area contributed by atoms with Gasteiger partial charge in [0.05, 0.1) is 5.52 Å². The Balaban J connectivity index is 1.82. The molecule has 0 spiro atoms. The van der Waals surface area contributed by atoms with Crippen LogP contribution < -0.4 is 10.6 Å². The van der Waals surface area contributed by atoms with Crippen LogP contribution in [0.15, 0.2) is 54.6 Å². The van der Waals surface area contributed by atoms with E-state index in [9.17, 15) is 0 Å². The molecule has 3 aromatic rings. The number of rotatable bonds is 1. The van der Waals surface area contributed by atoms with E-state index in [4.69, 9.17) is 10.7 Å². The minimum Gasteiger partial charge on any atom is -0.399 e. The minimum absolute atomic E-state index is 0.778. The zero-order valence-electron chi connectivity index (χ0n) is 11.8. The van der Waals surface area contributed by atoms with Gasteiger partial charge in [-0.05, 0) is 54.8 Å². The van der Waals surface area contributed by atoms with E-state index >= 15 is 0 Å². The third-order valence-corrected chi connectivity index (χ3v) is 4.09. The van der Waals surface area contributed by atoms with Gasteiger partial charge in [-0.15, -0.1) is 0 Å². The zero-order valence-corrected chi connectivity index (χ0v) is 11.8. The van der Waals surface area contributed by atoms with Gasteiger partial charge in [-0.25, -0.2) is 4.98 Å². The molecule has 2 N–H and O–H groups in total. The van der Waals surface area contributed by atoms with Crippen molar-refractivity contribution in [3.8, 4) is 0 Å². The van der Waals surface area contributed by atoms with Crippen LogP contribution in [0.3, 0.4) is 0 Å². The van der Waals surface area contributed by atoms with Crippen LogP contribution in [0.2, 0.25) is 0 Å². The minimum atomic E-state index is 0.778. The van der Waals surface area contributed by atoms with Gasteiger partial charge in [0.25, 0.3) is 0 Å². The first-order chi connectivity index (χ1) is 10.3. The van der Waals surface area contributed by atoms with E-state index in [0.717, 1.165) is 35.4 Å². The summed E-state index contributed by atoms with van der Waals surface area (Å²) in [7, 11) is 0. The van der Waals surface area contributed by atoms with Crippen LogP contribution >= 0.6 is 0 Å². The molecule has 0 atom stereocenters. The maximum atomic E-state index is 5.83. The smallest absolute Gasteiger partial charge is 0.133 e. The predicted octanol–water partition coefficient (Wildman–Crippen LogP) is 3.90. The summed E-state index contributed by atoms with van der Waals surface area (Å²) in [5, 5.41) is 1.09. The third kappa shape index (κ3) is 2.11. The molecule has 1 aliphatic heterocycles. The van der Waals surface area contributed by atoms with Gasteiger partial charge in [-0.1, -0.05) is 18.2 Å². The highest BCUT2D eigenvalue weighted by atomic mass is 15.2. The van der Waals surface area contributed by atoms with Crippen LogP contribution in [0.5, 0.6) is 0 Å². The molecule has 1 aromatic heterocycles. The van der Waals surface area contributed by atoms with E-state index in [-0.39, 0.29) is 0 Å². The fourth-order valence-electron chi connectivity index (χ4n) is 3.06. The monoisotopic (exact) mass is 275 g/mol. The van der Waals surface area contributed by atoms with Crippen molar-refractivity contribution in [2.75, 3.05) is 17.2 Å². The highest BCUT2D eigenvalue weighted by Gasteiger charge is 2.18. The summed E-state index contributed by atoms with van der Waals surface area (Å²) in [5.74, 6) is 1.01. The maximum Gasteiger partial charge on any atom is 0.133 e. The van der Waals surface area contributed by atoms with Crippen LogP contribution in [-0.4, -0.2) is 11.5 Å². The maximum absolute atomic E-state index is 5.83. The SMILES string of the molecule is Nc1ccc2nc(N3CCCc4ccccc43)ccc2c1. The van der Waals surface area contributed by atoms with Crippen molar-refractivity contribution in [3.05, 3.63) is 60.2 Å². The molecule has 0 radical (unpaired) electrons. The molecular formula is C18H17N3. The Morgan fingerprint density at radius 3 is 2.86 bits per heavy atom. The number of aromatic nitrogens is 1. The van der Waals surface area contributed by atoms with E-state index in [1.54, 1.807) is 0 Å². The predicted molar refractivity (Wildman–Crippen MR) is 87.9 cm³/mol. The molecule has 1 aliphatic rings.